The van der Waals surface area contributed by atoms with Crippen molar-refractivity contribution < 1.29 is 14.4 Å². The first-order valence-corrected chi connectivity index (χ1v) is 9.33. The molecule has 1 saturated heterocycles. The van der Waals surface area contributed by atoms with E-state index in [9.17, 15) is 14.4 Å². The van der Waals surface area contributed by atoms with Crippen molar-refractivity contribution in [3.8, 4) is 0 Å². The van der Waals surface area contributed by atoms with Crippen LogP contribution in [-0.2, 0) is 9.59 Å². The van der Waals surface area contributed by atoms with E-state index in [1.807, 2.05) is 42.5 Å². The van der Waals surface area contributed by atoms with Crippen LogP contribution in [0.25, 0.3) is 10.8 Å². The zero-order chi connectivity index (χ0) is 19.2. The minimum atomic E-state index is -0.209. The van der Waals surface area contributed by atoms with Crippen LogP contribution in [0.3, 0.4) is 0 Å². The molecule has 2 aromatic carbocycles. The molecule has 27 heavy (non-hydrogen) atoms. The molecule has 142 valence electrons. The molecule has 2 aromatic rings. The van der Waals surface area contributed by atoms with E-state index in [2.05, 4.69) is 10.6 Å². The second-order valence-electron chi connectivity index (χ2n) is 6.99. The van der Waals surface area contributed by atoms with Gasteiger partial charge in [-0.1, -0.05) is 36.4 Å². The average molecular weight is 367 g/mol. The predicted molar refractivity (Wildman–Crippen MR) is 104 cm³/mol. The molecule has 1 fully saturated rings. The molecule has 0 saturated carbocycles. The molecule has 0 aromatic heterocycles. The lowest BCUT2D eigenvalue weighted by molar-refractivity contribution is -0.134. The minimum Gasteiger partial charge on any atom is -0.352 e. The Morgan fingerprint density at radius 2 is 1.85 bits per heavy atom. The van der Waals surface area contributed by atoms with Gasteiger partial charge in [-0.2, -0.15) is 0 Å². The lowest BCUT2D eigenvalue weighted by Gasteiger charge is -2.33. The number of nitrogens with zero attached hydrogens (tertiary/aromatic N) is 1. The van der Waals surface area contributed by atoms with Gasteiger partial charge in [0.1, 0.15) is 0 Å². The molecular weight excluding hydrogens is 342 g/mol. The van der Waals surface area contributed by atoms with Gasteiger partial charge < -0.3 is 15.5 Å². The maximum Gasteiger partial charge on any atom is 0.251 e. The molecule has 6 heteroatoms. The number of amides is 3. The number of benzene rings is 2. The monoisotopic (exact) mass is 367 g/mol. The number of rotatable bonds is 5. The van der Waals surface area contributed by atoms with Gasteiger partial charge in [-0.3, -0.25) is 14.4 Å². The fourth-order valence-corrected chi connectivity index (χ4v) is 3.53. The predicted octanol–water partition coefficient (Wildman–Crippen LogP) is 1.94. The minimum absolute atomic E-state index is 0.0322. The highest BCUT2D eigenvalue weighted by molar-refractivity contribution is 6.07. The highest BCUT2D eigenvalue weighted by Crippen LogP contribution is 2.19. The van der Waals surface area contributed by atoms with Crippen molar-refractivity contribution in [2.24, 2.45) is 5.92 Å². The number of hydrogen-bond donors (Lipinski definition) is 2. The molecule has 1 atom stereocenters. The molecule has 0 bridgehead atoms. The molecule has 6 nitrogen and oxygen atoms in total. The second-order valence-corrected chi connectivity index (χ2v) is 6.99. The third kappa shape index (κ3) is 4.84. The summed E-state index contributed by atoms with van der Waals surface area (Å²) in [6, 6.07) is 13.5. The van der Waals surface area contributed by atoms with Gasteiger partial charge in [0.15, 0.2) is 0 Å². The Bertz CT molecular complexity index is 844. The average Bonchev–Trinajstić information content (AvgIpc) is 2.70. The van der Waals surface area contributed by atoms with E-state index in [-0.39, 0.29) is 30.2 Å². The zero-order valence-electron chi connectivity index (χ0n) is 15.5. The van der Waals surface area contributed by atoms with E-state index < -0.39 is 0 Å². The van der Waals surface area contributed by atoms with Gasteiger partial charge in [-0.05, 0) is 35.6 Å². The van der Waals surface area contributed by atoms with Crippen LogP contribution in [0.15, 0.2) is 42.5 Å². The first-order chi connectivity index (χ1) is 13.0. The molecular formula is C21H25N3O3. The molecule has 0 unspecified atom stereocenters. The zero-order valence-corrected chi connectivity index (χ0v) is 15.5. The van der Waals surface area contributed by atoms with Crippen molar-refractivity contribution >= 4 is 28.5 Å². The number of hydrogen-bond acceptors (Lipinski definition) is 3. The number of nitrogens with one attached hydrogen (secondary N) is 2. The van der Waals surface area contributed by atoms with Gasteiger partial charge in [0.2, 0.25) is 11.8 Å². The Morgan fingerprint density at radius 1 is 1.07 bits per heavy atom. The lowest BCUT2D eigenvalue weighted by atomic mass is 9.97. The summed E-state index contributed by atoms with van der Waals surface area (Å²) in [5.74, 6) is -0.151. The second kappa shape index (κ2) is 8.66. The van der Waals surface area contributed by atoms with Gasteiger partial charge in [-0.15, -0.1) is 0 Å². The number of carbonyl (C=O) groups excluding carboxylic acids is 3. The highest BCUT2D eigenvalue weighted by Gasteiger charge is 2.24. The normalized spacial score (nSPS) is 16.8. The van der Waals surface area contributed by atoms with E-state index in [0.717, 1.165) is 23.6 Å². The van der Waals surface area contributed by atoms with Crippen LogP contribution in [-0.4, -0.2) is 48.8 Å². The Hall–Kier alpha value is -2.89. The molecule has 3 amide bonds. The summed E-state index contributed by atoms with van der Waals surface area (Å²) < 4.78 is 0. The molecule has 0 spiro atoms. The first kappa shape index (κ1) is 18.9. The van der Waals surface area contributed by atoms with Gasteiger partial charge in [0.05, 0.1) is 6.54 Å². The summed E-state index contributed by atoms with van der Waals surface area (Å²) in [6.07, 6.45) is 1.88. The molecule has 0 radical (unpaired) electrons. The highest BCUT2D eigenvalue weighted by atomic mass is 16.2. The van der Waals surface area contributed by atoms with Crippen LogP contribution in [0.5, 0.6) is 0 Å². The summed E-state index contributed by atoms with van der Waals surface area (Å²) in [4.78, 5) is 37.6. The third-order valence-electron chi connectivity index (χ3n) is 4.95. The van der Waals surface area contributed by atoms with Gasteiger partial charge >= 0.3 is 0 Å². The van der Waals surface area contributed by atoms with Gasteiger partial charge in [-0.25, -0.2) is 0 Å². The van der Waals surface area contributed by atoms with Crippen LogP contribution in [0, 0.1) is 5.92 Å². The largest absolute Gasteiger partial charge is 0.352 e. The number of piperidine rings is 1. The van der Waals surface area contributed by atoms with Crippen LogP contribution < -0.4 is 10.6 Å². The van der Waals surface area contributed by atoms with Gasteiger partial charge in [0.25, 0.3) is 5.91 Å². The van der Waals surface area contributed by atoms with Gasteiger partial charge in [0, 0.05) is 32.1 Å². The van der Waals surface area contributed by atoms with Crippen molar-refractivity contribution in [3.63, 3.8) is 0 Å². The molecule has 2 N–H and O–H groups in total. The molecule has 1 aliphatic heterocycles. The topological polar surface area (TPSA) is 78.5 Å². The van der Waals surface area contributed by atoms with Crippen molar-refractivity contribution in [2.75, 3.05) is 26.2 Å². The molecule has 0 aliphatic carbocycles. The third-order valence-corrected chi connectivity index (χ3v) is 4.95. The maximum atomic E-state index is 12.7. The van der Waals surface area contributed by atoms with E-state index >= 15 is 0 Å². The summed E-state index contributed by atoms with van der Waals surface area (Å²) in [5, 5.41) is 7.55. The fraction of sp³-hybridized carbons (Fsp3) is 0.381. The summed E-state index contributed by atoms with van der Waals surface area (Å²) in [6.45, 7) is 3.27. The standard InChI is InChI=1S/C21H25N3O3/c1-15(25)22-13-20(26)24-11-5-6-16(14-24)12-23-21(27)19-10-4-8-17-7-2-3-9-18(17)19/h2-4,7-10,16H,5-6,11-14H2,1H3,(H,22,25)(H,23,27)/t16-/m0/s1. The van der Waals surface area contributed by atoms with Crippen molar-refractivity contribution in [2.45, 2.75) is 19.8 Å². The molecule has 1 heterocycles. The SMILES string of the molecule is CC(=O)NCC(=O)N1CCC[C@@H](CNC(=O)c2cccc3ccccc23)C1. The Morgan fingerprint density at radius 3 is 2.67 bits per heavy atom. The fourth-order valence-electron chi connectivity index (χ4n) is 3.53. The number of carbonyl (C=O) groups is 3. The quantitative estimate of drug-likeness (QED) is 0.848. The van der Waals surface area contributed by atoms with E-state index in [0.29, 0.717) is 25.2 Å². The first-order valence-electron chi connectivity index (χ1n) is 9.33. The number of likely N-dealkylation sites (tertiary alicyclic amines) is 1. The van der Waals surface area contributed by atoms with E-state index in [4.69, 9.17) is 0 Å². The van der Waals surface area contributed by atoms with Crippen LogP contribution in [0.2, 0.25) is 0 Å². The van der Waals surface area contributed by atoms with E-state index in [1.54, 1.807) is 4.90 Å². The smallest absolute Gasteiger partial charge is 0.251 e. The Kier molecular flexibility index (Phi) is 6.06. The van der Waals surface area contributed by atoms with E-state index in [1.165, 1.54) is 6.92 Å². The van der Waals surface area contributed by atoms with Crippen molar-refractivity contribution in [3.05, 3.63) is 48.0 Å². The Balaban J connectivity index is 1.57. The summed E-state index contributed by atoms with van der Waals surface area (Å²) >= 11 is 0. The number of fused-ring (bicyclic) bond motifs is 1. The van der Waals surface area contributed by atoms with Crippen molar-refractivity contribution in [1.82, 2.24) is 15.5 Å². The molecule has 3 rings (SSSR count). The van der Waals surface area contributed by atoms with Crippen LogP contribution in [0.4, 0.5) is 0 Å². The van der Waals surface area contributed by atoms with Crippen molar-refractivity contribution in [1.29, 1.82) is 0 Å². The summed E-state index contributed by atoms with van der Waals surface area (Å²) in [5.41, 5.74) is 0.669. The lowest BCUT2D eigenvalue weighted by Crippen LogP contribution is -2.47. The maximum absolute atomic E-state index is 12.7. The summed E-state index contributed by atoms with van der Waals surface area (Å²) in [7, 11) is 0. The van der Waals surface area contributed by atoms with Crippen LogP contribution >= 0.6 is 0 Å². The Labute approximate surface area is 158 Å². The van der Waals surface area contributed by atoms with Crippen LogP contribution in [0.1, 0.15) is 30.1 Å². The molecule has 1 aliphatic rings.